The Bertz CT molecular complexity index is 1880. The predicted octanol–water partition coefficient (Wildman–Crippen LogP) is 7.49. The van der Waals surface area contributed by atoms with Crippen LogP contribution in [0.3, 0.4) is 0 Å². The van der Waals surface area contributed by atoms with Gasteiger partial charge in [0.2, 0.25) is 5.91 Å². The Balaban J connectivity index is 1.24. The average Bonchev–Trinajstić information content (AvgIpc) is 3.03. The molecule has 0 aromatic heterocycles. The number of rotatable bonds is 7. The molecule has 0 saturated carbocycles. The normalized spacial score (nSPS) is 12.6. The van der Waals surface area contributed by atoms with Crippen molar-refractivity contribution in [3.63, 3.8) is 0 Å². The van der Waals surface area contributed by atoms with Crippen molar-refractivity contribution >= 4 is 46.5 Å². The van der Waals surface area contributed by atoms with Gasteiger partial charge in [-0.15, -0.1) is 11.8 Å². The lowest BCUT2D eigenvalue weighted by molar-refractivity contribution is -0.115. The second-order valence-corrected chi connectivity index (χ2v) is 11.4. The van der Waals surface area contributed by atoms with E-state index in [-0.39, 0.29) is 34.5 Å². The van der Waals surface area contributed by atoms with Crippen LogP contribution in [-0.4, -0.2) is 23.4 Å². The van der Waals surface area contributed by atoms with Crippen LogP contribution >= 0.6 is 11.8 Å². The molecule has 210 valence electrons. The summed E-state index contributed by atoms with van der Waals surface area (Å²) in [5.41, 5.74) is 4.44. The summed E-state index contributed by atoms with van der Waals surface area (Å²) < 4.78 is 0. The van der Waals surface area contributed by atoms with Gasteiger partial charge < -0.3 is 10.6 Å². The highest BCUT2D eigenvalue weighted by atomic mass is 32.2. The number of carbonyl (C=O) groups is 4. The maximum Gasteiger partial charge on any atom is 0.255 e. The molecule has 6 rings (SSSR count). The Morgan fingerprint density at radius 3 is 2.02 bits per heavy atom. The summed E-state index contributed by atoms with van der Waals surface area (Å²) >= 11 is 1.35. The molecule has 0 saturated heterocycles. The fourth-order valence-electron chi connectivity index (χ4n) is 5.09. The summed E-state index contributed by atoms with van der Waals surface area (Å²) in [6, 6.07) is 35.7. The van der Waals surface area contributed by atoms with Crippen LogP contribution in [0.4, 0.5) is 11.4 Å². The molecular formula is C36H26N2O4S. The van der Waals surface area contributed by atoms with Crippen LogP contribution in [-0.2, 0) is 4.79 Å². The van der Waals surface area contributed by atoms with Crippen molar-refractivity contribution in [1.29, 1.82) is 0 Å². The van der Waals surface area contributed by atoms with Crippen molar-refractivity contribution in [2.75, 3.05) is 10.6 Å². The standard InChI is InChI=1S/C36H26N2O4S/c1-22-9-7-12-24(21-22)35(41)37-25-17-19-26(20-18-25)43-34(23-10-3-2-4-11-23)36(42)38-30-16-8-15-29-31(30)33(40)28-14-6-5-13-27(28)32(29)39/h2-21,34H,1H3,(H,37,41)(H,38,42). The lowest BCUT2D eigenvalue weighted by atomic mass is 9.83. The van der Waals surface area contributed by atoms with Crippen LogP contribution in [0, 0.1) is 6.92 Å². The third-order valence-electron chi connectivity index (χ3n) is 7.20. The molecule has 5 aromatic rings. The number of anilines is 2. The largest absolute Gasteiger partial charge is 0.324 e. The van der Waals surface area contributed by atoms with E-state index >= 15 is 0 Å². The monoisotopic (exact) mass is 582 g/mol. The van der Waals surface area contributed by atoms with Crippen LogP contribution in [0.5, 0.6) is 0 Å². The van der Waals surface area contributed by atoms with Gasteiger partial charge in [0.05, 0.1) is 11.3 Å². The smallest absolute Gasteiger partial charge is 0.255 e. The minimum absolute atomic E-state index is 0.199. The molecule has 2 amide bonds. The Hall–Kier alpha value is -5.27. The van der Waals surface area contributed by atoms with Gasteiger partial charge in [0, 0.05) is 32.8 Å². The molecule has 0 fully saturated rings. The molecule has 1 atom stereocenters. The summed E-state index contributed by atoms with van der Waals surface area (Å²) in [6.07, 6.45) is 0. The zero-order valence-corrected chi connectivity index (χ0v) is 24.0. The number of aryl methyl sites for hydroxylation is 1. The van der Waals surface area contributed by atoms with Crippen LogP contribution in [0.1, 0.15) is 58.6 Å². The van der Waals surface area contributed by atoms with Gasteiger partial charge in [-0.3, -0.25) is 19.2 Å². The van der Waals surface area contributed by atoms with Crippen molar-refractivity contribution < 1.29 is 19.2 Å². The molecule has 2 N–H and O–H groups in total. The Morgan fingerprint density at radius 2 is 1.30 bits per heavy atom. The second-order valence-electron chi connectivity index (χ2n) is 10.2. The van der Waals surface area contributed by atoms with Gasteiger partial charge in [0.15, 0.2) is 11.6 Å². The van der Waals surface area contributed by atoms with E-state index in [1.807, 2.05) is 67.6 Å². The highest BCUT2D eigenvalue weighted by Gasteiger charge is 2.32. The van der Waals surface area contributed by atoms with E-state index in [9.17, 15) is 19.2 Å². The summed E-state index contributed by atoms with van der Waals surface area (Å²) in [4.78, 5) is 54.0. The quantitative estimate of drug-likeness (QED) is 0.190. The highest BCUT2D eigenvalue weighted by Crippen LogP contribution is 2.38. The van der Waals surface area contributed by atoms with E-state index in [0.717, 1.165) is 16.0 Å². The number of benzene rings is 5. The number of hydrogen-bond donors (Lipinski definition) is 2. The molecule has 0 radical (unpaired) electrons. The van der Waals surface area contributed by atoms with Gasteiger partial charge in [-0.05, 0) is 55.0 Å². The summed E-state index contributed by atoms with van der Waals surface area (Å²) in [6.45, 7) is 1.94. The zero-order chi connectivity index (χ0) is 29.9. The molecule has 0 bridgehead atoms. The van der Waals surface area contributed by atoms with Gasteiger partial charge in [-0.2, -0.15) is 0 Å². The molecule has 1 aliphatic carbocycles. The van der Waals surface area contributed by atoms with E-state index in [1.165, 1.54) is 11.8 Å². The van der Waals surface area contributed by atoms with Crippen molar-refractivity contribution in [2.45, 2.75) is 17.1 Å². The van der Waals surface area contributed by atoms with Crippen LogP contribution in [0.15, 0.2) is 126 Å². The number of nitrogens with one attached hydrogen (secondary N) is 2. The lowest BCUT2D eigenvalue weighted by Crippen LogP contribution is -2.25. The fraction of sp³-hybridized carbons (Fsp3) is 0.0556. The van der Waals surface area contributed by atoms with Gasteiger partial charge in [-0.25, -0.2) is 0 Å². The van der Waals surface area contributed by atoms with E-state index in [4.69, 9.17) is 0 Å². The molecule has 43 heavy (non-hydrogen) atoms. The average molecular weight is 583 g/mol. The number of amides is 2. The number of hydrogen-bond acceptors (Lipinski definition) is 5. The maximum atomic E-state index is 13.8. The van der Waals surface area contributed by atoms with E-state index in [0.29, 0.717) is 28.1 Å². The molecule has 1 aliphatic rings. The van der Waals surface area contributed by atoms with Gasteiger partial charge in [0.1, 0.15) is 5.25 Å². The highest BCUT2D eigenvalue weighted by molar-refractivity contribution is 8.00. The molecule has 7 heteroatoms. The Kier molecular flexibility index (Phi) is 7.73. The topological polar surface area (TPSA) is 92.3 Å². The van der Waals surface area contributed by atoms with Crippen LogP contribution in [0.2, 0.25) is 0 Å². The van der Waals surface area contributed by atoms with Crippen LogP contribution < -0.4 is 10.6 Å². The lowest BCUT2D eigenvalue weighted by Gasteiger charge is -2.22. The van der Waals surface area contributed by atoms with Gasteiger partial charge in [0.25, 0.3) is 5.91 Å². The molecule has 6 nitrogen and oxygen atoms in total. The summed E-state index contributed by atoms with van der Waals surface area (Å²) in [5.74, 6) is -1.08. The summed E-state index contributed by atoms with van der Waals surface area (Å²) in [5, 5.41) is 5.19. The second kappa shape index (κ2) is 11.9. The maximum absolute atomic E-state index is 13.8. The van der Waals surface area contributed by atoms with Crippen molar-refractivity contribution in [3.05, 3.63) is 160 Å². The minimum atomic E-state index is -0.661. The molecule has 0 aliphatic heterocycles. The SMILES string of the molecule is Cc1cccc(C(=O)Nc2ccc(SC(C(=O)Nc3cccc4c3C(=O)c3ccccc3C4=O)c3ccccc3)cc2)c1. The Morgan fingerprint density at radius 1 is 0.651 bits per heavy atom. The van der Waals surface area contributed by atoms with E-state index in [1.54, 1.807) is 60.7 Å². The Labute approximate surface area is 253 Å². The van der Waals surface area contributed by atoms with Crippen molar-refractivity contribution in [1.82, 2.24) is 0 Å². The first kappa shape index (κ1) is 27.9. The number of fused-ring (bicyclic) bond motifs is 2. The number of carbonyl (C=O) groups excluding carboxylic acids is 4. The minimum Gasteiger partial charge on any atom is -0.324 e. The van der Waals surface area contributed by atoms with Gasteiger partial charge >= 0.3 is 0 Å². The zero-order valence-electron chi connectivity index (χ0n) is 23.2. The molecule has 0 heterocycles. The first-order valence-electron chi connectivity index (χ1n) is 13.7. The predicted molar refractivity (Wildman–Crippen MR) is 169 cm³/mol. The van der Waals surface area contributed by atoms with E-state index in [2.05, 4.69) is 10.6 Å². The summed E-state index contributed by atoms with van der Waals surface area (Å²) in [7, 11) is 0. The van der Waals surface area contributed by atoms with Crippen molar-refractivity contribution in [2.24, 2.45) is 0 Å². The molecule has 5 aromatic carbocycles. The fourth-order valence-corrected chi connectivity index (χ4v) is 6.12. The van der Waals surface area contributed by atoms with Crippen molar-refractivity contribution in [3.8, 4) is 0 Å². The number of thioether (sulfide) groups is 1. The number of ketones is 2. The third kappa shape index (κ3) is 5.76. The molecule has 1 unspecified atom stereocenters. The van der Waals surface area contributed by atoms with Crippen LogP contribution in [0.25, 0.3) is 0 Å². The first-order valence-corrected chi connectivity index (χ1v) is 14.6. The van der Waals surface area contributed by atoms with E-state index < -0.39 is 5.25 Å². The third-order valence-corrected chi connectivity index (χ3v) is 8.46. The molecular weight excluding hydrogens is 556 g/mol. The molecule has 0 spiro atoms. The van der Waals surface area contributed by atoms with Gasteiger partial charge in [-0.1, -0.05) is 84.4 Å². The first-order chi connectivity index (χ1) is 20.9.